The van der Waals surface area contributed by atoms with Crippen molar-refractivity contribution in [2.75, 3.05) is 24.5 Å². The van der Waals surface area contributed by atoms with Crippen molar-refractivity contribution in [3.8, 4) is 0 Å². The van der Waals surface area contributed by atoms with Gasteiger partial charge in [0.1, 0.15) is 17.3 Å². The number of hydrogen-bond acceptors (Lipinski definition) is 5. The molecule has 170 valence electrons. The molecule has 4 heterocycles. The quantitative estimate of drug-likeness (QED) is 0.793. The van der Waals surface area contributed by atoms with Crippen molar-refractivity contribution in [2.24, 2.45) is 5.92 Å². The average molecular weight is 437 g/mol. The van der Waals surface area contributed by atoms with Gasteiger partial charge in [-0.15, -0.1) is 0 Å². The van der Waals surface area contributed by atoms with Gasteiger partial charge in [-0.3, -0.25) is 19.6 Å². The van der Waals surface area contributed by atoms with Gasteiger partial charge in [0, 0.05) is 49.4 Å². The Kier molecular flexibility index (Phi) is 5.93. The fourth-order valence-corrected chi connectivity index (χ4v) is 5.52. The second-order valence-corrected chi connectivity index (χ2v) is 9.54. The van der Waals surface area contributed by atoms with Gasteiger partial charge in [-0.25, -0.2) is 9.97 Å². The summed E-state index contributed by atoms with van der Waals surface area (Å²) in [6, 6.07) is 1.71. The molecule has 5 rings (SSSR count). The van der Waals surface area contributed by atoms with E-state index >= 15 is 0 Å². The number of likely N-dealkylation sites (tertiary alicyclic amines) is 1. The van der Waals surface area contributed by atoms with E-state index in [9.17, 15) is 9.59 Å². The van der Waals surface area contributed by atoms with Crippen LogP contribution < -0.4 is 4.90 Å². The van der Waals surface area contributed by atoms with Crippen LogP contribution in [0, 0.1) is 12.8 Å². The van der Waals surface area contributed by atoms with Gasteiger partial charge in [0.25, 0.3) is 5.91 Å². The molecule has 1 aliphatic carbocycles. The maximum absolute atomic E-state index is 12.9. The summed E-state index contributed by atoms with van der Waals surface area (Å²) in [6.07, 6.45) is 10.9. The number of amides is 2. The van der Waals surface area contributed by atoms with Gasteiger partial charge in [-0.2, -0.15) is 5.10 Å². The molecular weight excluding hydrogens is 404 g/mol. The number of piperidine rings is 1. The van der Waals surface area contributed by atoms with E-state index in [-0.39, 0.29) is 17.7 Å². The van der Waals surface area contributed by atoms with E-state index in [2.05, 4.69) is 10.2 Å². The molecule has 8 heteroatoms. The molecule has 0 radical (unpaired) electrons. The number of H-pyrrole nitrogens is 1. The third kappa shape index (κ3) is 4.14. The second kappa shape index (κ2) is 9.00. The zero-order chi connectivity index (χ0) is 22.1. The predicted molar refractivity (Wildman–Crippen MR) is 120 cm³/mol. The molecule has 8 nitrogen and oxygen atoms in total. The number of aromatic amines is 1. The fraction of sp³-hybridized carbons (Fsp3) is 0.625. The Hall–Kier alpha value is -2.77. The predicted octanol–water partition coefficient (Wildman–Crippen LogP) is 3.39. The summed E-state index contributed by atoms with van der Waals surface area (Å²) in [5.41, 5.74) is 2.60. The molecule has 2 fully saturated rings. The minimum atomic E-state index is -0.0315. The third-order valence-corrected chi connectivity index (χ3v) is 7.33. The number of nitrogens with one attached hydrogen (secondary N) is 1. The fourth-order valence-electron chi connectivity index (χ4n) is 5.52. The lowest BCUT2D eigenvalue weighted by molar-refractivity contribution is -0.119. The van der Waals surface area contributed by atoms with E-state index in [1.807, 2.05) is 16.7 Å². The molecular formula is C24H32N6O2. The number of hydrogen-bond donors (Lipinski definition) is 1. The SMILES string of the molecule is Cc1nc([C@H]2CCCN(C(=O)c3ccn[nH]3)C2)nc2c1CCC(=O)N2CC1CCCCC1. The first-order valence-electron chi connectivity index (χ1n) is 12.1. The normalized spacial score (nSPS) is 22.2. The van der Waals surface area contributed by atoms with Crippen LogP contribution in [0.15, 0.2) is 12.3 Å². The standard InChI is InChI=1S/C24H32N6O2/c1-16-19-9-10-21(31)30(14-17-6-3-2-4-7-17)23(19)27-22(26-16)18-8-5-13-29(15-18)24(32)20-11-12-25-28-20/h11-12,17-18H,2-10,13-15H2,1H3,(H,25,28)/t18-/m0/s1. The monoisotopic (exact) mass is 436 g/mol. The summed E-state index contributed by atoms with van der Waals surface area (Å²) in [4.78, 5) is 39.4. The van der Waals surface area contributed by atoms with Crippen molar-refractivity contribution in [1.82, 2.24) is 25.1 Å². The van der Waals surface area contributed by atoms with E-state index in [1.165, 1.54) is 32.1 Å². The van der Waals surface area contributed by atoms with E-state index < -0.39 is 0 Å². The highest BCUT2D eigenvalue weighted by molar-refractivity contribution is 5.95. The molecule has 0 spiro atoms. The molecule has 3 aliphatic rings. The van der Waals surface area contributed by atoms with Gasteiger partial charge in [0.15, 0.2) is 0 Å². The molecule has 1 saturated heterocycles. The molecule has 0 unspecified atom stereocenters. The molecule has 0 aromatic carbocycles. The maximum Gasteiger partial charge on any atom is 0.271 e. The molecule has 2 aromatic heterocycles. The Bertz CT molecular complexity index is 983. The van der Waals surface area contributed by atoms with Crippen LogP contribution in [-0.4, -0.2) is 56.5 Å². The number of carbonyl (C=O) groups is 2. The van der Waals surface area contributed by atoms with Crippen molar-refractivity contribution in [1.29, 1.82) is 0 Å². The summed E-state index contributed by atoms with van der Waals surface area (Å²) in [6.45, 7) is 4.13. The maximum atomic E-state index is 12.9. The number of anilines is 1. The average Bonchev–Trinajstić information content (AvgIpc) is 3.36. The number of aromatic nitrogens is 4. The smallest absolute Gasteiger partial charge is 0.271 e. The van der Waals surface area contributed by atoms with Crippen molar-refractivity contribution in [2.45, 2.75) is 70.6 Å². The molecule has 32 heavy (non-hydrogen) atoms. The molecule has 0 bridgehead atoms. The van der Waals surface area contributed by atoms with E-state index in [0.29, 0.717) is 24.6 Å². The Labute approximate surface area is 188 Å². The lowest BCUT2D eigenvalue weighted by Crippen LogP contribution is -2.42. The van der Waals surface area contributed by atoms with Crippen LogP contribution in [-0.2, 0) is 11.2 Å². The van der Waals surface area contributed by atoms with Gasteiger partial charge >= 0.3 is 0 Å². The van der Waals surface area contributed by atoms with Crippen LogP contribution in [0.2, 0.25) is 0 Å². The zero-order valence-corrected chi connectivity index (χ0v) is 18.8. The summed E-state index contributed by atoms with van der Waals surface area (Å²) in [5.74, 6) is 2.39. The van der Waals surface area contributed by atoms with Crippen LogP contribution in [0.1, 0.15) is 84.9 Å². The van der Waals surface area contributed by atoms with Crippen molar-refractivity contribution in [3.05, 3.63) is 35.0 Å². The Morgan fingerprint density at radius 3 is 2.75 bits per heavy atom. The van der Waals surface area contributed by atoms with Gasteiger partial charge < -0.3 is 4.90 Å². The van der Waals surface area contributed by atoms with Gasteiger partial charge in [-0.05, 0) is 51.0 Å². The summed E-state index contributed by atoms with van der Waals surface area (Å²) in [5, 5.41) is 6.68. The number of carbonyl (C=O) groups excluding carboxylic acids is 2. The van der Waals surface area contributed by atoms with Crippen LogP contribution in [0.25, 0.3) is 0 Å². The first-order chi connectivity index (χ1) is 15.6. The molecule has 1 saturated carbocycles. The molecule has 2 aromatic rings. The molecule has 2 amide bonds. The van der Waals surface area contributed by atoms with Gasteiger partial charge in [0.2, 0.25) is 5.91 Å². The second-order valence-electron chi connectivity index (χ2n) is 9.54. The van der Waals surface area contributed by atoms with Gasteiger partial charge in [-0.1, -0.05) is 19.3 Å². The van der Waals surface area contributed by atoms with Crippen molar-refractivity contribution >= 4 is 17.6 Å². The van der Waals surface area contributed by atoms with E-state index in [1.54, 1.807) is 12.3 Å². The summed E-state index contributed by atoms with van der Waals surface area (Å²) in [7, 11) is 0. The van der Waals surface area contributed by atoms with Crippen LogP contribution in [0.4, 0.5) is 5.82 Å². The van der Waals surface area contributed by atoms with Crippen LogP contribution >= 0.6 is 0 Å². The molecule has 1 atom stereocenters. The Morgan fingerprint density at radius 2 is 1.97 bits per heavy atom. The summed E-state index contributed by atoms with van der Waals surface area (Å²) < 4.78 is 0. The highest BCUT2D eigenvalue weighted by Gasteiger charge is 2.33. The minimum Gasteiger partial charge on any atom is -0.337 e. The van der Waals surface area contributed by atoms with Gasteiger partial charge in [0.05, 0.1) is 0 Å². The van der Waals surface area contributed by atoms with E-state index in [0.717, 1.165) is 55.3 Å². The number of fused-ring (bicyclic) bond motifs is 1. The molecule has 2 aliphatic heterocycles. The minimum absolute atomic E-state index is 0.0315. The zero-order valence-electron chi connectivity index (χ0n) is 18.8. The number of aryl methyl sites for hydroxylation is 1. The lowest BCUT2D eigenvalue weighted by atomic mass is 9.88. The topological polar surface area (TPSA) is 95.1 Å². The number of nitrogens with zero attached hydrogens (tertiary/aromatic N) is 5. The lowest BCUT2D eigenvalue weighted by Gasteiger charge is -2.35. The Morgan fingerprint density at radius 1 is 1.12 bits per heavy atom. The van der Waals surface area contributed by atoms with Crippen LogP contribution in [0.5, 0.6) is 0 Å². The van der Waals surface area contributed by atoms with Crippen molar-refractivity contribution in [3.63, 3.8) is 0 Å². The molecule has 1 N–H and O–H groups in total. The third-order valence-electron chi connectivity index (χ3n) is 7.33. The first-order valence-corrected chi connectivity index (χ1v) is 12.1. The van der Waals surface area contributed by atoms with Crippen molar-refractivity contribution < 1.29 is 9.59 Å². The number of rotatable bonds is 4. The first kappa shape index (κ1) is 21.1. The Balaban J connectivity index is 1.40. The highest BCUT2D eigenvalue weighted by atomic mass is 16.2. The largest absolute Gasteiger partial charge is 0.337 e. The van der Waals surface area contributed by atoms with E-state index in [4.69, 9.17) is 9.97 Å². The van der Waals surface area contributed by atoms with Crippen LogP contribution in [0.3, 0.4) is 0 Å². The highest BCUT2D eigenvalue weighted by Crippen LogP contribution is 2.34. The summed E-state index contributed by atoms with van der Waals surface area (Å²) >= 11 is 0.